The van der Waals surface area contributed by atoms with Crippen LogP contribution in [-0.2, 0) is 14.4 Å². The van der Waals surface area contributed by atoms with Gasteiger partial charge in [-0.05, 0) is 19.1 Å². The molecule has 1 aliphatic rings. The monoisotopic (exact) mass is 246 g/mol. The third kappa shape index (κ3) is 2.40. The molecule has 1 unspecified atom stereocenters. The van der Waals surface area contributed by atoms with Gasteiger partial charge in [0.15, 0.2) is 0 Å². The highest BCUT2D eigenvalue weighted by Gasteiger charge is 2.36. The highest BCUT2D eigenvalue weighted by molar-refractivity contribution is 6.07. The molecular formula is C13H14N2O3. The average Bonchev–Trinajstić information content (AvgIpc) is 2.69. The van der Waals surface area contributed by atoms with Crippen LogP contribution in [0.4, 0.5) is 5.69 Å². The molecule has 0 saturated carbocycles. The molecule has 0 bridgehead atoms. The minimum absolute atomic E-state index is 0.196. The fourth-order valence-electron chi connectivity index (χ4n) is 1.91. The van der Waals surface area contributed by atoms with Crippen molar-refractivity contribution in [2.75, 3.05) is 5.32 Å². The molecule has 18 heavy (non-hydrogen) atoms. The van der Waals surface area contributed by atoms with E-state index in [1.165, 1.54) is 0 Å². The number of para-hydroxylation sites is 1. The van der Waals surface area contributed by atoms with Crippen molar-refractivity contribution >= 4 is 23.4 Å². The number of carbonyl (C=O) groups is 3. The normalized spacial score (nSPS) is 16.8. The molecule has 1 aliphatic heterocycles. The van der Waals surface area contributed by atoms with Gasteiger partial charge in [-0.1, -0.05) is 18.2 Å². The molecule has 0 spiro atoms. The maximum absolute atomic E-state index is 11.9. The number of imide groups is 1. The second-order valence-electron chi connectivity index (χ2n) is 4.19. The molecule has 2 rings (SSSR count). The SMILES string of the molecule is CC(C(=O)Nc1ccccc1)N1C(=O)CCC1=O. The van der Waals surface area contributed by atoms with Gasteiger partial charge in [0.2, 0.25) is 17.7 Å². The Bertz CT molecular complexity index is 468. The lowest BCUT2D eigenvalue weighted by Crippen LogP contribution is -2.44. The van der Waals surface area contributed by atoms with Crippen molar-refractivity contribution in [3.05, 3.63) is 30.3 Å². The first kappa shape index (κ1) is 12.3. The van der Waals surface area contributed by atoms with Gasteiger partial charge in [-0.15, -0.1) is 0 Å². The Morgan fingerprint density at radius 1 is 1.17 bits per heavy atom. The molecule has 5 heteroatoms. The van der Waals surface area contributed by atoms with Crippen LogP contribution in [0, 0.1) is 0 Å². The smallest absolute Gasteiger partial charge is 0.247 e. The molecule has 0 aliphatic carbocycles. The summed E-state index contributed by atoms with van der Waals surface area (Å²) in [7, 11) is 0. The van der Waals surface area contributed by atoms with Gasteiger partial charge in [-0.25, -0.2) is 0 Å². The maximum Gasteiger partial charge on any atom is 0.247 e. The number of nitrogens with zero attached hydrogens (tertiary/aromatic N) is 1. The van der Waals surface area contributed by atoms with E-state index in [1.807, 2.05) is 6.07 Å². The number of anilines is 1. The Morgan fingerprint density at radius 3 is 2.28 bits per heavy atom. The number of rotatable bonds is 3. The average molecular weight is 246 g/mol. The molecule has 1 heterocycles. The zero-order valence-corrected chi connectivity index (χ0v) is 10.1. The van der Waals surface area contributed by atoms with Gasteiger partial charge in [0.1, 0.15) is 6.04 Å². The fraction of sp³-hybridized carbons (Fsp3) is 0.308. The number of hydrogen-bond donors (Lipinski definition) is 1. The zero-order valence-electron chi connectivity index (χ0n) is 10.1. The first-order valence-corrected chi connectivity index (χ1v) is 5.80. The van der Waals surface area contributed by atoms with Crippen molar-refractivity contribution in [3.63, 3.8) is 0 Å². The Labute approximate surface area is 105 Å². The molecule has 1 atom stereocenters. The van der Waals surface area contributed by atoms with Gasteiger partial charge >= 0.3 is 0 Å². The highest BCUT2D eigenvalue weighted by atomic mass is 16.2. The molecule has 0 radical (unpaired) electrons. The molecule has 1 saturated heterocycles. The van der Waals surface area contributed by atoms with E-state index in [0.717, 1.165) is 4.90 Å². The van der Waals surface area contributed by atoms with Crippen LogP contribution in [0.1, 0.15) is 19.8 Å². The van der Waals surface area contributed by atoms with Crippen LogP contribution < -0.4 is 5.32 Å². The predicted molar refractivity (Wildman–Crippen MR) is 65.6 cm³/mol. The van der Waals surface area contributed by atoms with Crippen LogP contribution in [0.2, 0.25) is 0 Å². The van der Waals surface area contributed by atoms with Crippen LogP contribution in [0.25, 0.3) is 0 Å². The molecule has 1 N–H and O–H groups in total. The summed E-state index contributed by atoms with van der Waals surface area (Å²) in [6.07, 6.45) is 0.392. The molecule has 1 aromatic carbocycles. The number of carbonyl (C=O) groups excluding carboxylic acids is 3. The summed E-state index contributed by atoms with van der Waals surface area (Å²) < 4.78 is 0. The molecule has 1 aromatic rings. The van der Waals surface area contributed by atoms with Crippen LogP contribution in [0.3, 0.4) is 0 Å². The van der Waals surface area contributed by atoms with Crippen LogP contribution in [0.5, 0.6) is 0 Å². The van der Waals surface area contributed by atoms with Crippen molar-refractivity contribution in [1.29, 1.82) is 0 Å². The molecule has 5 nitrogen and oxygen atoms in total. The fourth-order valence-corrected chi connectivity index (χ4v) is 1.91. The van der Waals surface area contributed by atoms with E-state index in [-0.39, 0.29) is 30.6 Å². The number of amides is 3. The van der Waals surface area contributed by atoms with Crippen molar-refractivity contribution < 1.29 is 14.4 Å². The van der Waals surface area contributed by atoms with Gasteiger partial charge in [0.25, 0.3) is 0 Å². The summed E-state index contributed by atoms with van der Waals surface area (Å²) in [5.74, 6) is -0.920. The lowest BCUT2D eigenvalue weighted by molar-refractivity contribution is -0.144. The second-order valence-corrected chi connectivity index (χ2v) is 4.19. The largest absolute Gasteiger partial charge is 0.324 e. The van der Waals surface area contributed by atoms with Gasteiger partial charge < -0.3 is 5.32 Å². The molecule has 3 amide bonds. The van der Waals surface area contributed by atoms with Crippen molar-refractivity contribution in [3.8, 4) is 0 Å². The molecule has 94 valence electrons. The Morgan fingerprint density at radius 2 is 1.72 bits per heavy atom. The summed E-state index contributed by atoms with van der Waals surface area (Å²) in [6, 6.07) is 8.16. The Hall–Kier alpha value is -2.17. The van der Waals surface area contributed by atoms with E-state index in [2.05, 4.69) is 5.32 Å². The quantitative estimate of drug-likeness (QED) is 0.814. The van der Waals surface area contributed by atoms with Gasteiger partial charge in [-0.3, -0.25) is 19.3 Å². The van der Waals surface area contributed by atoms with Gasteiger partial charge in [-0.2, -0.15) is 0 Å². The number of hydrogen-bond acceptors (Lipinski definition) is 3. The first-order chi connectivity index (χ1) is 8.59. The van der Waals surface area contributed by atoms with Crippen LogP contribution >= 0.6 is 0 Å². The van der Waals surface area contributed by atoms with Crippen molar-refractivity contribution in [2.45, 2.75) is 25.8 Å². The van der Waals surface area contributed by atoms with E-state index >= 15 is 0 Å². The van der Waals surface area contributed by atoms with Gasteiger partial charge in [0.05, 0.1) is 0 Å². The van der Waals surface area contributed by atoms with Crippen LogP contribution in [0.15, 0.2) is 30.3 Å². The van der Waals surface area contributed by atoms with E-state index in [0.29, 0.717) is 5.69 Å². The van der Waals surface area contributed by atoms with Crippen molar-refractivity contribution in [1.82, 2.24) is 4.90 Å². The number of nitrogens with one attached hydrogen (secondary N) is 1. The first-order valence-electron chi connectivity index (χ1n) is 5.80. The Kier molecular flexibility index (Phi) is 3.41. The predicted octanol–water partition coefficient (Wildman–Crippen LogP) is 1.16. The van der Waals surface area contributed by atoms with E-state index in [1.54, 1.807) is 31.2 Å². The van der Waals surface area contributed by atoms with E-state index in [9.17, 15) is 14.4 Å². The summed E-state index contributed by atoms with van der Waals surface area (Å²) >= 11 is 0. The van der Waals surface area contributed by atoms with E-state index in [4.69, 9.17) is 0 Å². The minimum atomic E-state index is -0.771. The standard InChI is InChI=1S/C13H14N2O3/c1-9(15-11(16)7-8-12(15)17)13(18)14-10-5-3-2-4-6-10/h2-6,9H,7-8H2,1H3,(H,14,18). The van der Waals surface area contributed by atoms with Gasteiger partial charge in [0, 0.05) is 18.5 Å². The molecule has 0 aromatic heterocycles. The lowest BCUT2D eigenvalue weighted by atomic mass is 10.2. The Balaban J connectivity index is 2.05. The third-order valence-corrected chi connectivity index (χ3v) is 2.90. The summed E-state index contributed by atoms with van der Waals surface area (Å²) in [5, 5.41) is 2.67. The second kappa shape index (κ2) is 5.00. The number of likely N-dealkylation sites (tertiary alicyclic amines) is 1. The third-order valence-electron chi connectivity index (χ3n) is 2.90. The molecule has 1 fully saturated rings. The summed E-state index contributed by atoms with van der Waals surface area (Å²) in [6.45, 7) is 1.55. The topological polar surface area (TPSA) is 66.5 Å². The highest BCUT2D eigenvalue weighted by Crippen LogP contribution is 2.16. The summed E-state index contributed by atoms with van der Waals surface area (Å²) in [4.78, 5) is 36.0. The number of benzene rings is 1. The van der Waals surface area contributed by atoms with Crippen molar-refractivity contribution in [2.24, 2.45) is 0 Å². The summed E-state index contributed by atoms with van der Waals surface area (Å²) in [5.41, 5.74) is 0.647. The maximum atomic E-state index is 11.9. The minimum Gasteiger partial charge on any atom is -0.324 e. The lowest BCUT2D eigenvalue weighted by Gasteiger charge is -2.21. The van der Waals surface area contributed by atoms with E-state index < -0.39 is 6.04 Å². The van der Waals surface area contributed by atoms with Crippen LogP contribution in [-0.4, -0.2) is 28.7 Å². The molecular weight excluding hydrogens is 232 g/mol. The zero-order chi connectivity index (χ0) is 13.1.